The molecule has 0 aliphatic rings. The average Bonchev–Trinajstić information content (AvgIpc) is 2.36. The maximum Gasteiger partial charge on any atom is 0.144 e. The second-order valence-electron chi connectivity index (χ2n) is 2.51. The van der Waals surface area contributed by atoms with E-state index in [0.29, 0.717) is 5.56 Å². The smallest absolute Gasteiger partial charge is 0.144 e. The molecule has 2 aromatic heterocycles. The second-order valence-corrected chi connectivity index (χ2v) is 2.51. The number of rotatable bonds is 0. The van der Waals surface area contributed by atoms with Gasteiger partial charge in [0.1, 0.15) is 5.82 Å². The molecule has 0 aromatic carbocycles. The van der Waals surface area contributed by atoms with Gasteiger partial charge in [0.25, 0.3) is 0 Å². The molecule has 2 rings (SSSR count). The van der Waals surface area contributed by atoms with E-state index in [1.807, 2.05) is 6.07 Å². The van der Waals surface area contributed by atoms with E-state index in [1.54, 1.807) is 19.2 Å². The first-order valence-electron chi connectivity index (χ1n) is 3.37. The summed E-state index contributed by atoms with van der Waals surface area (Å²) in [6.07, 6.45) is 3.03. The third-order valence-electron chi connectivity index (χ3n) is 1.68. The minimum atomic E-state index is -0.221. The average molecular weight is 150 g/mol. The van der Waals surface area contributed by atoms with E-state index in [2.05, 4.69) is 5.10 Å². The second kappa shape index (κ2) is 2.05. The van der Waals surface area contributed by atoms with Gasteiger partial charge >= 0.3 is 0 Å². The number of hydrogen-bond acceptors (Lipinski definition) is 1. The minimum absolute atomic E-state index is 0.221. The number of halogens is 1. The Morgan fingerprint density at radius 2 is 2.36 bits per heavy atom. The van der Waals surface area contributed by atoms with Gasteiger partial charge in [0.15, 0.2) is 0 Å². The van der Waals surface area contributed by atoms with Crippen LogP contribution in [0.2, 0.25) is 0 Å². The van der Waals surface area contributed by atoms with Crippen LogP contribution in [-0.4, -0.2) is 9.61 Å². The van der Waals surface area contributed by atoms with Crippen LogP contribution in [0.15, 0.2) is 24.5 Å². The van der Waals surface area contributed by atoms with E-state index >= 15 is 0 Å². The molecule has 0 radical (unpaired) electrons. The Labute approximate surface area is 63.3 Å². The van der Waals surface area contributed by atoms with Gasteiger partial charge < -0.3 is 0 Å². The van der Waals surface area contributed by atoms with Gasteiger partial charge in [0.05, 0.1) is 11.7 Å². The largest absolute Gasteiger partial charge is 0.238 e. The molecular weight excluding hydrogens is 143 g/mol. The summed E-state index contributed by atoms with van der Waals surface area (Å²) in [4.78, 5) is 0. The number of nitrogens with zero attached hydrogens (tertiary/aromatic N) is 2. The Morgan fingerprint density at radius 1 is 1.55 bits per heavy atom. The van der Waals surface area contributed by atoms with Gasteiger partial charge in [-0.05, 0) is 24.6 Å². The summed E-state index contributed by atoms with van der Waals surface area (Å²) < 4.78 is 14.4. The number of fused-ring (bicyclic) bond motifs is 1. The van der Waals surface area contributed by atoms with Crippen LogP contribution < -0.4 is 0 Å². The van der Waals surface area contributed by atoms with Crippen LogP contribution in [0, 0.1) is 12.7 Å². The lowest BCUT2D eigenvalue weighted by Crippen LogP contribution is -1.90. The topological polar surface area (TPSA) is 17.3 Å². The number of pyridine rings is 1. The number of aromatic nitrogens is 2. The molecular formula is C8H7FN2. The highest BCUT2D eigenvalue weighted by Crippen LogP contribution is 2.09. The summed E-state index contributed by atoms with van der Waals surface area (Å²) in [6.45, 7) is 1.74. The summed E-state index contributed by atoms with van der Waals surface area (Å²) >= 11 is 0. The van der Waals surface area contributed by atoms with Crippen LogP contribution in [0.5, 0.6) is 0 Å². The van der Waals surface area contributed by atoms with Crippen LogP contribution in [0.4, 0.5) is 4.39 Å². The van der Waals surface area contributed by atoms with Crippen molar-refractivity contribution in [3.05, 3.63) is 35.9 Å². The molecule has 0 amide bonds. The Balaban J connectivity index is 2.86. The first-order valence-corrected chi connectivity index (χ1v) is 3.37. The fourth-order valence-electron chi connectivity index (χ4n) is 1.05. The van der Waals surface area contributed by atoms with Gasteiger partial charge in [-0.3, -0.25) is 0 Å². The fraction of sp³-hybridized carbons (Fsp3) is 0.125. The van der Waals surface area contributed by atoms with Crippen LogP contribution in [0.1, 0.15) is 5.56 Å². The lowest BCUT2D eigenvalue weighted by atomic mass is 10.2. The zero-order valence-corrected chi connectivity index (χ0v) is 6.08. The first kappa shape index (κ1) is 6.34. The van der Waals surface area contributed by atoms with Gasteiger partial charge in [-0.1, -0.05) is 0 Å². The van der Waals surface area contributed by atoms with Crippen molar-refractivity contribution >= 4 is 5.52 Å². The Bertz CT molecular complexity index is 356. The van der Waals surface area contributed by atoms with E-state index in [-0.39, 0.29) is 5.82 Å². The minimum Gasteiger partial charge on any atom is -0.238 e. The molecule has 0 atom stereocenters. The molecule has 0 aliphatic heterocycles. The number of aryl methyl sites for hydroxylation is 1. The van der Waals surface area contributed by atoms with Crippen molar-refractivity contribution in [3.63, 3.8) is 0 Å². The lowest BCUT2D eigenvalue weighted by Gasteiger charge is -1.96. The standard InChI is InChI=1S/C8H7FN2/c1-6-4-7-2-3-10-11(7)5-8(6)9/h2-5H,1H3. The summed E-state index contributed by atoms with van der Waals surface area (Å²) in [5.74, 6) is -0.221. The van der Waals surface area contributed by atoms with Crippen molar-refractivity contribution in [2.24, 2.45) is 0 Å². The monoisotopic (exact) mass is 150 g/mol. The van der Waals surface area contributed by atoms with Crippen molar-refractivity contribution in [1.29, 1.82) is 0 Å². The highest BCUT2D eigenvalue weighted by atomic mass is 19.1. The van der Waals surface area contributed by atoms with Gasteiger partial charge in [-0.15, -0.1) is 0 Å². The SMILES string of the molecule is Cc1cc2ccnn2cc1F. The van der Waals surface area contributed by atoms with Crippen molar-refractivity contribution in [1.82, 2.24) is 9.61 Å². The van der Waals surface area contributed by atoms with E-state index in [4.69, 9.17) is 0 Å². The predicted molar refractivity (Wildman–Crippen MR) is 39.9 cm³/mol. The van der Waals surface area contributed by atoms with Gasteiger partial charge in [0, 0.05) is 6.20 Å². The molecule has 2 nitrogen and oxygen atoms in total. The fourth-order valence-corrected chi connectivity index (χ4v) is 1.05. The van der Waals surface area contributed by atoms with Crippen molar-refractivity contribution in [2.75, 3.05) is 0 Å². The van der Waals surface area contributed by atoms with Crippen LogP contribution >= 0.6 is 0 Å². The normalized spacial score (nSPS) is 10.7. The first-order chi connectivity index (χ1) is 5.27. The van der Waals surface area contributed by atoms with Crippen molar-refractivity contribution in [2.45, 2.75) is 6.92 Å². The van der Waals surface area contributed by atoms with E-state index in [1.165, 1.54) is 10.7 Å². The molecule has 0 spiro atoms. The molecule has 0 saturated heterocycles. The molecule has 11 heavy (non-hydrogen) atoms. The van der Waals surface area contributed by atoms with Gasteiger partial charge in [0.2, 0.25) is 0 Å². The summed E-state index contributed by atoms with van der Waals surface area (Å²) in [5.41, 5.74) is 1.57. The van der Waals surface area contributed by atoms with Crippen molar-refractivity contribution in [3.8, 4) is 0 Å². The van der Waals surface area contributed by atoms with Gasteiger partial charge in [-0.2, -0.15) is 5.10 Å². The number of hydrogen-bond donors (Lipinski definition) is 0. The Morgan fingerprint density at radius 3 is 3.18 bits per heavy atom. The van der Waals surface area contributed by atoms with Crippen molar-refractivity contribution < 1.29 is 4.39 Å². The maximum atomic E-state index is 12.9. The molecule has 0 N–H and O–H groups in total. The summed E-state index contributed by atoms with van der Waals surface area (Å²) in [5, 5.41) is 3.90. The molecule has 0 unspecified atom stereocenters. The Kier molecular flexibility index (Phi) is 1.18. The van der Waals surface area contributed by atoms with Gasteiger partial charge in [-0.25, -0.2) is 8.91 Å². The third kappa shape index (κ3) is 0.888. The summed E-state index contributed by atoms with van der Waals surface area (Å²) in [7, 11) is 0. The maximum absolute atomic E-state index is 12.9. The molecule has 0 saturated carbocycles. The zero-order chi connectivity index (χ0) is 7.84. The van der Waals surface area contributed by atoms with Crippen LogP contribution in [0.25, 0.3) is 5.52 Å². The van der Waals surface area contributed by atoms with E-state index in [9.17, 15) is 4.39 Å². The molecule has 0 fully saturated rings. The lowest BCUT2D eigenvalue weighted by molar-refractivity contribution is 0.605. The molecule has 3 heteroatoms. The van der Waals surface area contributed by atoms with Crippen LogP contribution in [-0.2, 0) is 0 Å². The third-order valence-corrected chi connectivity index (χ3v) is 1.68. The highest BCUT2D eigenvalue weighted by Gasteiger charge is 1.99. The van der Waals surface area contributed by atoms with Crippen LogP contribution in [0.3, 0.4) is 0 Å². The molecule has 56 valence electrons. The molecule has 0 bridgehead atoms. The molecule has 2 heterocycles. The van der Waals surface area contributed by atoms with E-state index in [0.717, 1.165) is 5.52 Å². The predicted octanol–water partition coefficient (Wildman–Crippen LogP) is 1.78. The molecule has 0 aliphatic carbocycles. The molecule has 2 aromatic rings. The highest BCUT2D eigenvalue weighted by molar-refractivity contribution is 5.47. The zero-order valence-electron chi connectivity index (χ0n) is 6.08. The van der Waals surface area contributed by atoms with E-state index < -0.39 is 0 Å². The quantitative estimate of drug-likeness (QED) is 0.559. The Hall–Kier alpha value is -1.38. The summed E-state index contributed by atoms with van der Waals surface area (Å²) in [6, 6.07) is 3.61.